The Hall–Kier alpha value is -0.990. The molecule has 0 aromatic rings. The van der Waals surface area contributed by atoms with Crippen LogP contribution in [0.1, 0.15) is 20.3 Å². The molecule has 0 radical (unpaired) electrons. The highest BCUT2D eigenvalue weighted by atomic mass is 16.6. The van der Waals surface area contributed by atoms with Crippen LogP contribution in [0.3, 0.4) is 0 Å². The molecule has 0 spiro atoms. The van der Waals surface area contributed by atoms with Gasteiger partial charge >= 0.3 is 6.09 Å². The summed E-state index contributed by atoms with van der Waals surface area (Å²) >= 11 is 0. The molecule has 0 bridgehead atoms. The molecular formula is C8H15NO2. The molecule has 0 saturated carbocycles. The van der Waals surface area contributed by atoms with Gasteiger partial charge < -0.3 is 10.5 Å². The Morgan fingerprint density at radius 3 is 2.55 bits per heavy atom. The third-order valence-corrected chi connectivity index (χ3v) is 1.23. The van der Waals surface area contributed by atoms with Crippen molar-refractivity contribution in [3.05, 3.63) is 12.7 Å². The molecule has 0 aliphatic carbocycles. The van der Waals surface area contributed by atoms with Crippen molar-refractivity contribution in [2.45, 2.75) is 26.4 Å². The van der Waals surface area contributed by atoms with Crippen molar-refractivity contribution in [3.63, 3.8) is 0 Å². The van der Waals surface area contributed by atoms with Crippen LogP contribution in [0.5, 0.6) is 0 Å². The van der Waals surface area contributed by atoms with E-state index in [-0.39, 0.29) is 6.10 Å². The van der Waals surface area contributed by atoms with Crippen molar-refractivity contribution >= 4 is 6.09 Å². The first-order valence-electron chi connectivity index (χ1n) is 3.65. The van der Waals surface area contributed by atoms with Crippen LogP contribution in [-0.4, -0.2) is 12.2 Å². The molecule has 0 rings (SSSR count). The second-order valence-electron chi connectivity index (χ2n) is 2.84. The van der Waals surface area contributed by atoms with Crippen LogP contribution in [0.2, 0.25) is 0 Å². The van der Waals surface area contributed by atoms with Crippen molar-refractivity contribution in [2.24, 2.45) is 11.7 Å². The molecule has 0 saturated heterocycles. The molecule has 0 heterocycles. The summed E-state index contributed by atoms with van der Waals surface area (Å²) in [6.07, 6.45) is 1.38. The van der Waals surface area contributed by atoms with E-state index in [1.807, 2.05) is 13.8 Å². The van der Waals surface area contributed by atoms with Gasteiger partial charge in [-0.3, -0.25) is 0 Å². The summed E-state index contributed by atoms with van der Waals surface area (Å²) in [4.78, 5) is 10.3. The fraction of sp³-hybridized carbons (Fsp3) is 0.625. The number of nitrogens with two attached hydrogens (primary N) is 1. The molecule has 3 nitrogen and oxygen atoms in total. The van der Waals surface area contributed by atoms with Crippen molar-refractivity contribution in [3.8, 4) is 0 Å². The number of amides is 1. The van der Waals surface area contributed by atoms with Gasteiger partial charge in [-0.05, 0) is 12.3 Å². The van der Waals surface area contributed by atoms with Crippen molar-refractivity contribution < 1.29 is 9.53 Å². The average Bonchev–Trinajstić information content (AvgIpc) is 1.84. The summed E-state index contributed by atoms with van der Waals surface area (Å²) in [5.41, 5.74) is 4.84. The number of hydrogen-bond donors (Lipinski definition) is 1. The lowest BCUT2D eigenvalue weighted by molar-refractivity contribution is 0.118. The highest BCUT2D eigenvalue weighted by molar-refractivity contribution is 5.64. The number of primary amides is 1. The van der Waals surface area contributed by atoms with Gasteiger partial charge in [0.15, 0.2) is 0 Å². The van der Waals surface area contributed by atoms with Gasteiger partial charge in [0.05, 0.1) is 0 Å². The lowest BCUT2D eigenvalue weighted by Gasteiger charge is -2.13. The maximum absolute atomic E-state index is 10.3. The Labute approximate surface area is 67.2 Å². The topological polar surface area (TPSA) is 52.3 Å². The second-order valence-corrected chi connectivity index (χ2v) is 2.84. The molecule has 2 N–H and O–H groups in total. The molecule has 64 valence electrons. The van der Waals surface area contributed by atoms with Gasteiger partial charge in [0.1, 0.15) is 6.10 Å². The quantitative estimate of drug-likeness (QED) is 0.631. The number of rotatable bonds is 4. The first-order valence-corrected chi connectivity index (χ1v) is 3.65. The average molecular weight is 157 g/mol. The number of carbonyl (C=O) groups is 1. The lowest BCUT2D eigenvalue weighted by Crippen LogP contribution is -2.22. The van der Waals surface area contributed by atoms with Gasteiger partial charge in [-0.2, -0.15) is 0 Å². The zero-order valence-corrected chi connectivity index (χ0v) is 7.04. The van der Waals surface area contributed by atoms with Gasteiger partial charge in [-0.25, -0.2) is 4.79 Å². The summed E-state index contributed by atoms with van der Waals surface area (Å²) in [7, 11) is 0. The van der Waals surface area contributed by atoms with Crippen molar-refractivity contribution in [1.29, 1.82) is 0 Å². The van der Waals surface area contributed by atoms with E-state index in [0.717, 1.165) is 6.42 Å². The maximum atomic E-state index is 10.3. The molecule has 0 aromatic carbocycles. The second kappa shape index (κ2) is 4.77. The minimum atomic E-state index is -0.740. The van der Waals surface area contributed by atoms with Crippen LogP contribution in [0, 0.1) is 5.92 Å². The number of ether oxygens (including phenoxy) is 1. The zero-order chi connectivity index (χ0) is 8.85. The van der Waals surface area contributed by atoms with E-state index in [4.69, 9.17) is 10.5 Å². The predicted octanol–water partition coefficient (Wildman–Crippen LogP) is 1.68. The van der Waals surface area contributed by atoms with Crippen LogP contribution in [0.25, 0.3) is 0 Å². The van der Waals surface area contributed by atoms with E-state index in [0.29, 0.717) is 5.92 Å². The Kier molecular flexibility index (Phi) is 4.34. The van der Waals surface area contributed by atoms with Gasteiger partial charge in [0.25, 0.3) is 0 Å². The molecule has 3 heteroatoms. The van der Waals surface area contributed by atoms with E-state index in [2.05, 4.69) is 6.58 Å². The van der Waals surface area contributed by atoms with Crippen LogP contribution in [0.15, 0.2) is 12.7 Å². The molecule has 0 unspecified atom stereocenters. The molecule has 1 atom stereocenters. The maximum Gasteiger partial charge on any atom is 0.405 e. The van der Waals surface area contributed by atoms with Crippen LogP contribution < -0.4 is 5.73 Å². The standard InChI is InChI=1S/C8H15NO2/c1-4-7(5-6(2)3)11-8(9)10/h4,6-7H,1,5H2,2-3H3,(H2,9,10)/t7-/m1/s1. The van der Waals surface area contributed by atoms with Gasteiger partial charge in [-0.15, -0.1) is 0 Å². The van der Waals surface area contributed by atoms with E-state index in [1.165, 1.54) is 0 Å². The summed E-state index contributed by atoms with van der Waals surface area (Å²) in [6.45, 7) is 7.62. The number of carbonyl (C=O) groups excluding carboxylic acids is 1. The summed E-state index contributed by atoms with van der Waals surface area (Å²) < 4.78 is 4.73. The predicted molar refractivity (Wildman–Crippen MR) is 44.1 cm³/mol. The zero-order valence-electron chi connectivity index (χ0n) is 7.04. The minimum absolute atomic E-state index is 0.243. The molecule has 0 fully saturated rings. The Bertz CT molecular complexity index is 143. The van der Waals surface area contributed by atoms with Gasteiger partial charge in [-0.1, -0.05) is 26.5 Å². The smallest absolute Gasteiger partial charge is 0.405 e. The third-order valence-electron chi connectivity index (χ3n) is 1.23. The molecule has 0 aliphatic rings. The van der Waals surface area contributed by atoms with Crippen molar-refractivity contribution in [2.75, 3.05) is 0 Å². The van der Waals surface area contributed by atoms with Crippen molar-refractivity contribution in [1.82, 2.24) is 0 Å². The highest BCUT2D eigenvalue weighted by Gasteiger charge is 2.09. The highest BCUT2D eigenvalue weighted by Crippen LogP contribution is 2.08. The largest absolute Gasteiger partial charge is 0.442 e. The lowest BCUT2D eigenvalue weighted by atomic mass is 10.1. The molecule has 1 amide bonds. The van der Waals surface area contributed by atoms with Crippen LogP contribution in [0.4, 0.5) is 4.79 Å². The van der Waals surface area contributed by atoms with Gasteiger partial charge in [0.2, 0.25) is 0 Å². The third kappa shape index (κ3) is 5.45. The minimum Gasteiger partial charge on any atom is -0.442 e. The van der Waals surface area contributed by atoms with Crippen LogP contribution in [-0.2, 0) is 4.74 Å². The number of hydrogen-bond acceptors (Lipinski definition) is 2. The van der Waals surface area contributed by atoms with Gasteiger partial charge in [0, 0.05) is 0 Å². The van der Waals surface area contributed by atoms with E-state index in [1.54, 1.807) is 6.08 Å². The Morgan fingerprint density at radius 2 is 2.27 bits per heavy atom. The molecule has 0 aliphatic heterocycles. The molecule has 11 heavy (non-hydrogen) atoms. The summed E-state index contributed by atoms with van der Waals surface area (Å²) in [5.74, 6) is 0.470. The SMILES string of the molecule is C=C[C@H](CC(C)C)OC(N)=O. The van der Waals surface area contributed by atoms with E-state index < -0.39 is 6.09 Å². The molecule has 0 aromatic heterocycles. The Morgan fingerprint density at radius 1 is 1.73 bits per heavy atom. The first-order chi connectivity index (χ1) is 5.06. The van der Waals surface area contributed by atoms with E-state index in [9.17, 15) is 4.79 Å². The normalized spacial score (nSPS) is 12.6. The fourth-order valence-electron chi connectivity index (χ4n) is 0.806. The molecular weight excluding hydrogens is 142 g/mol. The van der Waals surface area contributed by atoms with Crippen LogP contribution >= 0.6 is 0 Å². The fourth-order valence-corrected chi connectivity index (χ4v) is 0.806. The summed E-state index contributed by atoms with van der Waals surface area (Å²) in [5, 5.41) is 0. The van der Waals surface area contributed by atoms with E-state index >= 15 is 0 Å². The first kappa shape index (κ1) is 10.0. The summed E-state index contributed by atoms with van der Waals surface area (Å²) in [6, 6.07) is 0. The Balaban J connectivity index is 3.76. The monoisotopic (exact) mass is 157 g/mol.